The lowest BCUT2D eigenvalue weighted by Gasteiger charge is -2.12. The summed E-state index contributed by atoms with van der Waals surface area (Å²) in [5.41, 5.74) is 8.14. The summed E-state index contributed by atoms with van der Waals surface area (Å²) in [5.74, 6) is 2.28. The van der Waals surface area contributed by atoms with Crippen molar-refractivity contribution in [2.24, 2.45) is 0 Å². The molecule has 7 heteroatoms. The number of para-hydroxylation sites is 1. The Balaban J connectivity index is 1.14. The van der Waals surface area contributed by atoms with E-state index in [2.05, 4.69) is 66.7 Å². The van der Waals surface area contributed by atoms with E-state index in [1.165, 1.54) is 0 Å². The van der Waals surface area contributed by atoms with Crippen LogP contribution in [0, 0.1) is 0 Å². The molecular weight excluding hydrogens is 681 g/mol. The number of rotatable bonds is 4. The minimum atomic E-state index is 0.562. The van der Waals surface area contributed by atoms with Crippen LogP contribution in [0.25, 0.3) is 122 Å². The fourth-order valence-electron chi connectivity index (χ4n) is 8.11. The van der Waals surface area contributed by atoms with Crippen molar-refractivity contribution in [3.63, 3.8) is 0 Å². The van der Waals surface area contributed by atoms with Gasteiger partial charge in [0.15, 0.2) is 23.1 Å². The van der Waals surface area contributed by atoms with E-state index in [1.807, 2.05) is 91.0 Å². The topological polar surface area (TPSA) is 91.0 Å². The Bertz CT molecular complexity index is 3500. The van der Waals surface area contributed by atoms with Crippen molar-refractivity contribution in [3.8, 4) is 45.6 Å². The van der Waals surface area contributed by atoms with Crippen molar-refractivity contribution in [2.45, 2.75) is 0 Å². The third-order valence-electron chi connectivity index (χ3n) is 10.6. The second-order valence-corrected chi connectivity index (χ2v) is 13.7. The Labute approximate surface area is 312 Å². The highest BCUT2D eigenvalue weighted by molar-refractivity contribution is 6.26. The van der Waals surface area contributed by atoms with E-state index in [9.17, 15) is 0 Å². The van der Waals surface area contributed by atoms with E-state index in [-0.39, 0.29) is 0 Å². The zero-order valence-corrected chi connectivity index (χ0v) is 29.0. The van der Waals surface area contributed by atoms with Gasteiger partial charge in [0.1, 0.15) is 27.8 Å². The summed E-state index contributed by atoms with van der Waals surface area (Å²) in [7, 11) is 0. The first-order chi connectivity index (χ1) is 27.2. The lowest BCUT2D eigenvalue weighted by Crippen LogP contribution is -2.01. The second-order valence-electron chi connectivity index (χ2n) is 13.7. The minimum absolute atomic E-state index is 0.562. The third kappa shape index (κ3) is 4.50. The molecule has 0 aliphatic rings. The van der Waals surface area contributed by atoms with Crippen LogP contribution in [0.3, 0.4) is 0 Å². The molecular formula is C48H26N4O3. The lowest BCUT2D eigenvalue weighted by molar-refractivity contribution is 0.622. The van der Waals surface area contributed by atoms with Crippen molar-refractivity contribution in [3.05, 3.63) is 158 Å². The van der Waals surface area contributed by atoms with Crippen LogP contribution in [0.4, 0.5) is 0 Å². The summed E-state index contributed by atoms with van der Waals surface area (Å²) < 4.78 is 19.3. The highest BCUT2D eigenvalue weighted by Crippen LogP contribution is 2.43. The van der Waals surface area contributed by atoms with Gasteiger partial charge in [0.2, 0.25) is 5.89 Å². The first-order valence-corrected chi connectivity index (χ1v) is 18.1. The van der Waals surface area contributed by atoms with Gasteiger partial charge in [0, 0.05) is 38.4 Å². The number of hydrogen-bond acceptors (Lipinski definition) is 7. The normalized spacial score (nSPS) is 12.0. The number of oxazole rings is 1. The quantitative estimate of drug-likeness (QED) is 0.180. The maximum absolute atomic E-state index is 6.51. The first kappa shape index (κ1) is 29.9. The minimum Gasteiger partial charge on any atom is -0.456 e. The van der Waals surface area contributed by atoms with Crippen LogP contribution in [-0.4, -0.2) is 19.9 Å². The second kappa shape index (κ2) is 11.4. The molecule has 0 bridgehead atoms. The summed E-state index contributed by atoms with van der Waals surface area (Å²) in [5, 5.41) is 7.96. The third-order valence-corrected chi connectivity index (χ3v) is 10.6. The van der Waals surface area contributed by atoms with Crippen LogP contribution in [0.1, 0.15) is 0 Å². The van der Waals surface area contributed by atoms with Crippen LogP contribution in [0.5, 0.6) is 0 Å². The fourth-order valence-corrected chi connectivity index (χ4v) is 8.11. The van der Waals surface area contributed by atoms with Crippen molar-refractivity contribution in [1.82, 2.24) is 19.9 Å². The predicted molar refractivity (Wildman–Crippen MR) is 219 cm³/mol. The van der Waals surface area contributed by atoms with E-state index < -0.39 is 0 Å². The smallest absolute Gasteiger partial charge is 0.227 e. The monoisotopic (exact) mass is 706 g/mol. The van der Waals surface area contributed by atoms with Crippen molar-refractivity contribution in [1.29, 1.82) is 0 Å². The largest absolute Gasteiger partial charge is 0.456 e. The van der Waals surface area contributed by atoms with Crippen LogP contribution < -0.4 is 0 Å². The van der Waals surface area contributed by atoms with Gasteiger partial charge in [-0.1, -0.05) is 109 Å². The zero-order chi connectivity index (χ0) is 36.0. The van der Waals surface area contributed by atoms with Gasteiger partial charge >= 0.3 is 0 Å². The molecule has 0 aliphatic carbocycles. The van der Waals surface area contributed by atoms with Gasteiger partial charge in [-0.2, -0.15) is 0 Å². The van der Waals surface area contributed by atoms with Gasteiger partial charge in [-0.05, 0) is 70.1 Å². The molecule has 55 heavy (non-hydrogen) atoms. The average Bonchev–Trinajstić information content (AvgIpc) is 3.97. The van der Waals surface area contributed by atoms with Crippen molar-refractivity contribution >= 4 is 76.5 Å². The Morgan fingerprint density at radius 1 is 0.327 bits per heavy atom. The molecule has 0 aliphatic heterocycles. The number of hydrogen-bond donors (Lipinski definition) is 0. The Hall–Kier alpha value is -7.64. The number of fused-ring (bicyclic) bond motifs is 11. The highest BCUT2D eigenvalue weighted by Gasteiger charge is 2.22. The zero-order valence-electron chi connectivity index (χ0n) is 29.0. The predicted octanol–water partition coefficient (Wildman–Crippen LogP) is 12.8. The van der Waals surface area contributed by atoms with Gasteiger partial charge in [-0.25, -0.2) is 19.9 Å². The molecule has 256 valence electrons. The van der Waals surface area contributed by atoms with Crippen LogP contribution in [0.2, 0.25) is 0 Å². The van der Waals surface area contributed by atoms with E-state index >= 15 is 0 Å². The lowest BCUT2D eigenvalue weighted by atomic mass is 9.98. The number of furan rings is 2. The summed E-state index contributed by atoms with van der Waals surface area (Å²) in [6.07, 6.45) is 0. The summed E-state index contributed by atoms with van der Waals surface area (Å²) >= 11 is 0. The van der Waals surface area contributed by atoms with Crippen LogP contribution in [0.15, 0.2) is 171 Å². The van der Waals surface area contributed by atoms with Crippen molar-refractivity contribution < 1.29 is 13.3 Å². The summed E-state index contributed by atoms with van der Waals surface area (Å²) in [6.45, 7) is 0. The maximum Gasteiger partial charge on any atom is 0.227 e. The van der Waals surface area contributed by atoms with Crippen molar-refractivity contribution in [2.75, 3.05) is 0 Å². The van der Waals surface area contributed by atoms with Gasteiger partial charge < -0.3 is 13.3 Å². The molecule has 4 aromatic heterocycles. The Morgan fingerprint density at radius 2 is 0.909 bits per heavy atom. The molecule has 0 fully saturated rings. The number of aromatic nitrogens is 4. The van der Waals surface area contributed by atoms with E-state index in [0.29, 0.717) is 28.9 Å². The molecule has 0 amide bonds. The highest BCUT2D eigenvalue weighted by atomic mass is 16.4. The van der Waals surface area contributed by atoms with Gasteiger partial charge in [-0.3, -0.25) is 0 Å². The standard InChI is InChI=1S/C48H26N4O3/c1-2-12-28(13-3-1)48-49-36-24-26-40-43(44(36)55-48)42-31-17-9-19-33(30(31)23-25-39(42)54-40)46-50-45(32-18-8-14-27-11-4-5-15-29(27)32)51-47(52-46)35-20-10-22-38-41(35)34-16-6-7-21-37(34)53-38/h1-26H. The molecule has 12 rings (SSSR count). The number of nitrogens with zero attached hydrogens (tertiary/aromatic N) is 4. The molecule has 0 unspecified atom stereocenters. The Kier molecular flexibility index (Phi) is 6.21. The molecule has 0 radical (unpaired) electrons. The molecule has 8 aromatic carbocycles. The fraction of sp³-hybridized carbons (Fsp3) is 0. The molecule has 0 saturated heterocycles. The number of benzene rings is 8. The first-order valence-electron chi connectivity index (χ1n) is 18.1. The molecule has 0 saturated carbocycles. The van der Waals surface area contributed by atoms with E-state index in [1.54, 1.807) is 0 Å². The molecule has 4 heterocycles. The molecule has 0 spiro atoms. The summed E-state index contributed by atoms with van der Waals surface area (Å²) in [6, 6.07) is 52.9. The molecule has 7 nitrogen and oxygen atoms in total. The van der Waals surface area contributed by atoms with Gasteiger partial charge in [-0.15, -0.1) is 0 Å². The summed E-state index contributed by atoms with van der Waals surface area (Å²) in [4.78, 5) is 20.6. The van der Waals surface area contributed by atoms with Crippen LogP contribution in [-0.2, 0) is 0 Å². The SMILES string of the molecule is c1ccc(-c2nc3ccc4oc5ccc6c(-c7nc(-c8cccc9ccccc89)nc(-c8cccc9oc%10ccccc%10c89)n7)cccc6c5c4c3o2)cc1. The molecule has 12 aromatic rings. The van der Waals surface area contributed by atoms with Gasteiger partial charge in [0.05, 0.1) is 5.39 Å². The maximum atomic E-state index is 6.51. The van der Waals surface area contributed by atoms with E-state index in [4.69, 9.17) is 33.2 Å². The Morgan fingerprint density at radius 3 is 1.78 bits per heavy atom. The molecule has 0 N–H and O–H groups in total. The van der Waals surface area contributed by atoms with Gasteiger partial charge in [0.25, 0.3) is 0 Å². The van der Waals surface area contributed by atoms with Crippen LogP contribution >= 0.6 is 0 Å². The average molecular weight is 707 g/mol. The van der Waals surface area contributed by atoms with E-state index in [0.717, 1.165) is 93.2 Å². The molecule has 0 atom stereocenters.